The zero-order valence-electron chi connectivity index (χ0n) is 20.2. The van der Waals surface area contributed by atoms with Crippen molar-refractivity contribution in [2.75, 3.05) is 6.61 Å². The van der Waals surface area contributed by atoms with Crippen molar-refractivity contribution in [2.24, 2.45) is 0 Å². The first-order valence-corrected chi connectivity index (χ1v) is 12.8. The first-order valence-electron chi connectivity index (χ1n) is 12.0. The molecule has 1 atom stereocenters. The lowest BCUT2D eigenvalue weighted by Gasteiger charge is -2.31. The fourth-order valence-corrected chi connectivity index (χ4v) is 4.62. The van der Waals surface area contributed by atoms with Crippen molar-refractivity contribution >= 4 is 35.0 Å². The highest BCUT2D eigenvalue weighted by molar-refractivity contribution is 6.42. The summed E-state index contributed by atoms with van der Waals surface area (Å²) >= 11 is 12.3. The first-order chi connectivity index (χ1) is 16.3. The Kier molecular flexibility index (Phi) is 9.66. The molecule has 2 aromatic rings. The van der Waals surface area contributed by atoms with Gasteiger partial charge in [0.2, 0.25) is 5.91 Å². The Bertz CT molecular complexity index is 990. The van der Waals surface area contributed by atoms with E-state index in [-0.39, 0.29) is 36.9 Å². The van der Waals surface area contributed by atoms with Gasteiger partial charge in [0, 0.05) is 12.6 Å². The molecule has 0 bridgehead atoms. The number of nitrogens with one attached hydrogen (secondary N) is 1. The molecule has 0 spiro atoms. The van der Waals surface area contributed by atoms with E-state index in [9.17, 15) is 9.59 Å². The van der Waals surface area contributed by atoms with Gasteiger partial charge in [-0.1, -0.05) is 80.6 Å². The van der Waals surface area contributed by atoms with Crippen molar-refractivity contribution in [3.05, 3.63) is 63.6 Å². The minimum atomic E-state index is -0.659. The molecule has 0 heterocycles. The average Bonchev–Trinajstić information content (AvgIpc) is 2.83. The van der Waals surface area contributed by atoms with Crippen LogP contribution in [0.4, 0.5) is 0 Å². The molecule has 1 saturated carbocycles. The van der Waals surface area contributed by atoms with E-state index >= 15 is 0 Å². The highest BCUT2D eigenvalue weighted by Crippen LogP contribution is 2.27. The lowest BCUT2D eigenvalue weighted by molar-refractivity contribution is -0.142. The van der Waals surface area contributed by atoms with Gasteiger partial charge in [0.05, 0.1) is 10.0 Å². The predicted octanol–water partition coefficient (Wildman–Crippen LogP) is 6.36. The van der Waals surface area contributed by atoms with Crippen LogP contribution in [0.2, 0.25) is 10.0 Å². The molecule has 1 N–H and O–H groups in total. The third-order valence-electron chi connectivity index (χ3n) is 6.35. The summed E-state index contributed by atoms with van der Waals surface area (Å²) in [6.45, 7) is 5.99. The van der Waals surface area contributed by atoms with Gasteiger partial charge in [0.25, 0.3) is 5.91 Å². The van der Waals surface area contributed by atoms with E-state index in [4.69, 9.17) is 27.9 Å². The Hall–Kier alpha value is -2.24. The summed E-state index contributed by atoms with van der Waals surface area (Å²) < 4.78 is 5.93. The maximum absolute atomic E-state index is 13.4. The van der Waals surface area contributed by atoms with Crippen LogP contribution in [0.3, 0.4) is 0 Å². The zero-order chi connectivity index (χ0) is 24.7. The van der Waals surface area contributed by atoms with Gasteiger partial charge in [0.1, 0.15) is 11.8 Å². The average molecular weight is 505 g/mol. The molecule has 1 aliphatic carbocycles. The summed E-state index contributed by atoms with van der Waals surface area (Å²) in [5, 5.41) is 3.99. The van der Waals surface area contributed by atoms with E-state index < -0.39 is 6.04 Å². The molecule has 0 aromatic heterocycles. The van der Waals surface area contributed by atoms with Gasteiger partial charge in [-0.05, 0) is 55.0 Å². The molecule has 0 unspecified atom stereocenters. The Morgan fingerprint density at radius 3 is 2.41 bits per heavy atom. The lowest BCUT2D eigenvalue weighted by atomic mass is 9.95. The summed E-state index contributed by atoms with van der Waals surface area (Å²) in [6.07, 6.45) is 5.41. The number of hydrogen-bond donors (Lipinski definition) is 1. The molecule has 7 heteroatoms. The number of rotatable bonds is 9. The van der Waals surface area contributed by atoms with Gasteiger partial charge in [0.15, 0.2) is 6.61 Å². The van der Waals surface area contributed by atoms with Crippen molar-refractivity contribution in [1.29, 1.82) is 0 Å². The van der Waals surface area contributed by atoms with Gasteiger partial charge in [-0.2, -0.15) is 0 Å². The zero-order valence-corrected chi connectivity index (χ0v) is 21.7. The summed E-state index contributed by atoms with van der Waals surface area (Å²) in [5.74, 6) is 0.525. The number of benzene rings is 2. The van der Waals surface area contributed by atoms with Crippen molar-refractivity contribution in [3.8, 4) is 5.75 Å². The van der Waals surface area contributed by atoms with Crippen LogP contribution in [0.25, 0.3) is 0 Å². The van der Waals surface area contributed by atoms with E-state index in [0.29, 0.717) is 15.8 Å². The standard InChI is InChI=1S/C27H34Cl2N2O3/c1-18(2)22-11-7-8-12-25(22)34-17-26(32)31(16-20-13-14-23(28)24(29)15-20)19(3)27(33)30-21-9-5-4-6-10-21/h7-8,11-15,18-19,21H,4-6,9-10,16-17H2,1-3H3,(H,30,33)/t19-/m1/s1. The Balaban J connectivity index is 1.76. The van der Waals surface area contributed by atoms with Gasteiger partial charge in [-0.15, -0.1) is 0 Å². The van der Waals surface area contributed by atoms with Crippen LogP contribution < -0.4 is 10.1 Å². The molecular weight excluding hydrogens is 471 g/mol. The number of carbonyl (C=O) groups excluding carboxylic acids is 2. The van der Waals surface area contributed by atoms with Crippen LogP contribution >= 0.6 is 23.2 Å². The minimum Gasteiger partial charge on any atom is -0.483 e. The number of carbonyl (C=O) groups is 2. The van der Waals surface area contributed by atoms with Crippen LogP contribution in [0.15, 0.2) is 42.5 Å². The second-order valence-electron chi connectivity index (χ2n) is 9.27. The monoisotopic (exact) mass is 504 g/mol. The summed E-state index contributed by atoms with van der Waals surface area (Å²) in [7, 11) is 0. The van der Waals surface area contributed by atoms with Crippen molar-refractivity contribution < 1.29 is 14.3 Å². The maximum atomic E-state index is 13.4. The van der Waals surface area contributed by atoms with Crippen molar-refractivity contribution in [1.82, 2.24) is 10.2 Å². The normalized spacial score (nSPS) is 15.1. The molecule has 1 aliphatic rings. The number of nitrogens with zero attached hydrogens (tertiary/aromatic N) is 1. The molecule has 184 valence electrons. The molecule has 1 fully saturated rings. The maximum Gasteiger partial charge on any atom is 0.261 e. The van der Waals surface area contributed by atoms with Gasteiger partial charge >= 0.3 is 0 Å². The number of halogens is 2. The number of para-hydroxylation sites is 1. The number of ether oxygens (including phenoxy) is 1. The molecule has 0 aliphatic heterocycles. The predicted molar refractivity (Wildman–Crippen MR) is 138 cm³/mol. The fraction of sp³-hybridized carbons (Fsp3) is 0.481. The van der Waals surface area contributed by atoms with E-state index in [1.165, 1.54) is 6.42 Å². The van der Waals surface area contributed by atoms with Crippen LogP contribution in [-0.4, -0.2) is 35.4 Å². The number of hydrogen-bond acceptors (Lipinski definition) is 3. The highest BCUT2D eigenvalue weighted by Gasteiger charge is 2.28. The van der Waals surface area contributed by atoms with Crippen molar-refractivity contribution in [2.45, 2.75) is 77.4 Å². The smallest absolute Gasteiger partial charge is 0.261 e. The Morgan fingerprint density at radius 2 is 1.74 bits per heavy atom. The van der Waals surface area contributed by atoms with Gasteiger partial charge in [-0.25, -0.2) is 0 Å². The largest absolute Gasteiger partial charge is 0.483 e. The second kappa shape index (κ2) is 12.5. The molecule has 0 radical (unpaired) electrons. The lowest BCUT2D eigenvalue weighted by Crippen LogP contribution is -2.51. The van der Waals surface area contributed by atoms with E-state index in [1.54, 1.807) is 24.0 Å². The van der Waals surface area contributed by atoms with Gasteiger partial charge < -0.3 is 15.0 Å². The van der Waals surface area contributed by atoms with Crippen LogP contribution in [0.1, 0.15) is 69.9 Å². The molecule has 34 heavy (non-hydrogen) atoms. The summed E-state index contributed by atoms with van der Waals surface area (Å²) in [4.78, 5) is 28.0. The third kappa shape index (κ3) is 7.13. The highest BCUT2D eigenvalue weighted by atomic mass is 35.5. The molecule has 3 rings (SSSR count). The third-order valence-corrected chi connectivity index (χ3v) is 7.09. The first kappa shape index (κ1) is 26.4. The molecule has 5 nitrogen and oxygen atoms in total. The van der Waals surface area contributed by atoms with Crippen LogP contribution in [0.5, 0.6) is 5.75 Å². The van der Waals surface area contributed by atoms with E-state index in [1.807, 2.05) is 30.3 Å². The van der Waals surface area contributed by atoms with Crippen LogP contribution in [0, 0.1) is 0 Å². The van der Waals surface area contributed by atoms with Gasteiger partial charge in [-0.3, -0.25) is 9.59 Å². The topological polar surface area (TPSA) is 58.6 Å². The summed E-state index contributed by atoms with van der Waals surface area (Å²) in [5.41, 5.74) is 1.83. The quantitative estimate of drug-likeness (QED) is 0.431. The minimum absolute atomic E-state index is 0.150. The molecule has 0 saturated heterocycles. The Morgan fingerprint density at radius 1 is 1.03 bits per heavy atom. The van der Waals surface area contributed by atoms with Crippen LogP contribution in [-0.2, 0) is 16.1 Å². The van der Waals surface area contributed by atoms with Crippen molar-refractivity contribution in [3.63, 3.8) is 0 Å². The van der Waals surface area contributed by atoms with E-state index in [0.717, 1.165) is 36.8 Å². The molecular formula is C27H34Cl2N2O3. The fourth-order valence-electron chi connectivity index (χ4n) is 4.30. The Labute approximate surface area is 212 Å². The number of amides is 2. The van der Waals surface area contributed by atoms with E-state index in [2.05, 4.69) is 19.2 Å². The molecule has 2 aromatic carbocycles. The molecule has 2 amide bonds. The SMILES string of the molecule is CC(C)c1ccccc1OCC(=O)N(Cc1ccc(Cl)c(Cl)c1)[C@H](C)C(=O)NC1CCCCC1. The summed E-state index contributed by atoms with van der Waals surface area (Å²) in [6, 6.07) is 12.5. The second-order valence-corrected chi connectivity index (χ2v) is 10.1.